The number of nitrogens with one attached hydrogen (secondary N) is 2. The van der Waals surface area contributed by atoms with E-state index in [0.29, 0.717) is 22.7 Å². The van der Waals surface area contributed by atoms with E-state index in [2.05, 4.69) is 26.0 Å². The first kappa shape index (κ1) is 20.8. The van der Waals surface area contributed by atoms with Crippen LogP contribution in [0.1, 0.15) is 32.5 Å². The Balaban J connectivity index is 1.65. The standard InChI is InChI=1S/C22H20N6O4/c1-13-20(14(2)28(3)27-13)26-25-16-9-8-15(23-21(29)18-6-4-10-31-18)12-17(16)24-22(30)19-7-5-11-32-19/h4-12H,1-3H3,(H,23,29)(H,24,30)/b26-25+. The number of carbonyl (C=O) groups excluding carboxylic acids is 2. The van der Waals surface area contributed by atoms with E-state index in [1.165, 1.54) is 12.5 Å². The van der Waals surface area contributed by atoms with Crippen LogP contribution in [0.15, 0.2) is 74.1 Å². The smallest absolute Gasteiger partial charge is 0.291 e. The van der Waals surface area contributed by atoms with Crippen molar-refractivity contribution in [1.29, 1.82) is 0 Å². The van der Waals surface area contributed by atoms with Gasteiger partial charge in [0.05, 0.1) is 29.6 Å². The van der Waals surface area contributed by atoms with Crippen molar-refractivity contribution < 1.29 is 18.4 Å². The topological polar surface area (TPSA) is 127 Å². The van der Waals surface area contributed by atoms with Crippen molar-refractivity contribution in [3.8, 4) is 0 Å². The van der Waals surface area contributed by atoms with E-state index in [-0.39, 0.29) is 11.5 Å². The third-order valence-corrected chi connectivity index (χ3v) is 4.72. The van der Waals surface area contributed by atoms with Crippen molar-refractivity contribution in [2.24, 2.45) is 17.3 Å². The van der Waals surface area contributed by atoms with Crippen LogP contribution in [0, 0.1) is 13.8 Å². The molecule has 2 N–H and O–H groups in total. The van der Waals surface area contributed by atoms with Gasteiger partial charge in [-0.3, -0.25) is 14.3 Å². The number of amides is 2. The highest BCUT2D eigenvalue weighted by atomic mass is 16.3. The van der Waals surface area contributed by atoms with Crippen molar-refractivity contribution in [1.82, 2.24) is 9.78 Å². The number of aryl methyl sites for hydroxylation is 2. The highest BCUT2D eigenvalue weighted by Gasteiger charge is 2.15. The summed E-state index contributed by atoms with van der Waals surface area (Å²) in [4.78, 5) is 24.9. The molecular weight excluding hydrogens is 412 g/mol. The predicted molar refractivity (Wildman–Crippen MR) is 117 cm³/mol. The maximum absolute atomic E-state index is 12.5. The van der Waals surface area contributed by atoms with Crippen LogP contribution in [0.25, 0.3) is 0 Å². The maximum Gasteiger partial charge on any atom is 0.291 e. The Morgan fingerprint density at radius 1 is 0.938 bits per heavy atom. The molecule has 0 aliphatic heterocycles. The number of anilines is 2. The molecule has 0 bridgehead atoms. The number of azo groups is 1. The number of hydrogen-bond donors (Lipinski definition) is 2. The van der Waals surface area contributed by atoms with Crippen LogP contribution >= 0.6 is 0 Å². The predicted octanol–water partition coefficient (Wildman–Crippen LogP) is 5.14. The minimum Gasteiger partial charge on any atom is -0.459 e. The van der Waals surface area contributed by atoms with Crippen LogP contribution in [0.2, 0.25) is 0 Å². The first-order chi connectivity index (χ1) is 15.4. The van der Waals surface area contributed by atoms with Gasteiger partial charge in [-0.25, -0.2) is 0 Å². The number of carbonyl (C=O) groups is 2. The molecule has 4 rings (SSSR count). The van der Waals surface area contributed by atoms with Gasteiger partial charge in [0, 0.05) is 12.7 Å². The normalized spacial score (nSPS) is 11.1. The fourth-order valence-electron chi connectivity index (χ4n) is 3.00. The van der Waals surface area contributed by atoms with E-state index in [1.807, 2.05) is 20.9 Å². The molecule has 0 radical (unpaired) electrons. The van der Waals surface area contributed by atoms with Gasteiger partial charge in [-0.15, -0.1) is 10.2 Å². The van der Waals surface area contributed by atoms with Crippen LogP contribution in [-0.2, 0) is 7.05 Å². The molecule has 0 aliphatic carbocycles. The highest BCUT2D eigenvalue weighted by molar-refractivity contribution is 6.06. The summed E-state index contributed by atoms with van der Waals surface area (Å²) in [5, 5.41) is 18.4. The summed E-state index contributed by atoms with van der Waals surface area (Å²) < 4.78 is 12.0. The van der Waals surface area contributed by atoms with Gasteiger partial charge in [0.25, 0.3) is 11.8 Å². The van der Waals surface area contributed by atoms with Gasteiger partial charge >= 0.3 is 0 Å². The molecule has 2 amide bonds. The average molecular weight is 432 g/mol. The summed E-state index contributed by atoms with van der Waals surface area (Å²) in [6.07, 6.45) is 2.82. The fourth-order valence-corrected chi connectivity index (χ4v) is 3.00. The number of benzene rings is 1. The zero-order valence-electron chi connectivity index (χ0n) is 17.6. The lowest BCUT2D eigenvalue weighted by atomic mass is 10.2. The van der Waals surface area contributed by atoms with E-state index < -0.39 is 11.8 Å². The first-order valence-electron chi connectivity index (χ1n) is 9.68. The summed E-state index contributed by atoms with van der Waals surface area (Å²) in [6.45, 7) is 3.73. The van der Waals surface area contributed by atoms with Crippen LogP contribution in [0.4, 0.5) is 22.7 Å². The molecule has 32 heavy (non-hydrogen) atoms. The third-order valence-electron chi connectivity index (χ3n) is 4.72. The minimum absolute atomic E-state index is 0.136. The lowest BCUT2D eigenvalue weighted by Crippen LogP contribution is -2.13. The molecule has 0 unspecified atom stereocenters. The maximum atomic E-state index is 12.5. The lowest BCUT2D eigenvalue weighted by Gasteiger charge is -2.10. The Morgan fingerprint density at radius 3 is 2.16 bits per heavy atom. The lowest BCUT2D eigenvalue weighted by molar-refractivity contribution is 0.0990. The Kier molecular flexibility index (Phi) is 5.67. The Hall–Kier alpha value is -4.47. The molecule has 4 aromatic rings. The van der Waals surface area contributed by atoms with Gasteiger partial charge in [-0.1, -0.05) is 0 Å². The second kappa shape index (κ2) is 8.72. The molecule has 10 heteroatoms. The van der Waals surface area contributed by atoms with Crippen molar-refractivity contribution >= 4 is 34.6 Å². The van der Waals surface area contributed by atoms with Crippen molar-refractivity contribution in [3.63, 3.8) is 0 Å². The second-order valence-corrected chi connectivity index (χ2v) is 6.94. The molecule has 3 aromatic heterocycles. The number of furan rings is 2. The summed E-state index contributed by atoms with van der Waals surface area (Å²) in [5.74, 6) is -0.585. The monoisotopic (exact) mass is 432 g/mol. The molecule has 0 aliphatic rings. The quantitative estimate of drug-likeness (QED) is 0.408. The number of rotatable bonds is 6. The summed E-state index contributed by atoms with van der Waals surface area (Å²) in [6, 6.07) is 11.2. The first-order valence-corrected chi connectivity index (χ1v) is 9.68. The fraction of sp³-hybridized carbons (Fsp3) is 0.136. The summed E-state index contributed by atoms with van der Waals surface area (Å²) in [5.41, 5.74) is 3.40. The van der Waals surface area contributed by atoms with Gasteiger partial charge < -0.3 is 19.5 Å². The molecule has 0 atom stereocenters. The van der Waals surface area contributed by atoms with Gasteiger partial charge in [-0.05, 0) is 56.3 Å². The molecule has 1 aromatic carbocycles. The number of aromatic nitrogens is 2. The summed E-state index contributed by atoms with van der Waals surface area (Å²) in [7, 11) is 1.83. The van der Waals surface area contributed by atoms with Crippen LogP contribution in [0.3, 0.4) is 0 Å². The average Bonchev–Trinajstić information content (AvgIpc) is 3.52. The Bertz CT molecular complexity index is 1290. The van der Waals surface area contributed by atoms with Gasteiger partial charge in [0.1, 0.15) is 11.4 Å². The zero-order valence-corrected chi connectivity index (χ0v) is 17.6. The van der Waals surface area contributed by atoms with Crippen LogP contribution in [0.5, 0.6) is 0 Å². The Morgan fingerprint density at radius 2 is 1.59 bits per heavy atom. The Labute approximate surface area is 182 Å². The highest BCUT2D eigenvalue weighted by Crippen LogP contribution is 2.32. The third kappa shape index (κ3) is 4.33. The molecule has 0 spiro atoms. The molecule has 0 saturated heterocycles. The number of nitrogens with zero attached hydrogens (tertiary/aromatic N) is 4. The molecular formula is C22H20N6O4. The largest absolute Gasteiger partial charge is 0.459 e. The molecule has 162 valence electrons. The SMILES string of the molecule is Cc1nn(C)c(C)c1/N=N/c1ccc(NC(=O)c2ccco2)cc1NC(=O)c1ccco1. The molecule has 3 heterocycles. The number of hydrogen-bond acceptors (Lipinski definition) is 7. The summed E-state index contributed by atoms with van der Waals surface area (Å²) >= 11 is 0. The van der Waals surface area contributed by atoms with E-state index in [9.17, 15) is 9.59 Å². The second-order valence-electron chi connectivity index (χ2n) is 6.94. The van der Waals surface area contributed by atoms with Crippen LogP contribution < -0.4 is 10.6 Å². The van der Waals surface area contributed by atoms with Gasteiger partial charge in [0.2, 0.25) is 0 Å². The molecule has 0 saturated carbocycles. The van der Waals surface area contributed by atoms with Crippen LogP contribution in [-0.4, -0.2) is 21.6 Å². The van der Waals surface area contributed by atoms with Crippen molar-refractivity contribution in [2.45, 2.75) is 13.8 Å². The van der Waals surface area contributed by atoms with E-state index in [1.54, 1.807) is 47.1 Å². The molecule has 0 fully saturated rings. The molecule has 10 nitrogen and oxygen atoms in total. The van der Waals surface area contributed by atoms with Crippen molar-refractivity contribution in [2.75, 3.05) is 10.6 Å². The van der Waals surface area contributed by atoms with Gasteiger partial charge in [0.15, 0.2) is 11.5 Å². The van der Waals surface area contributed by atoms with E-state index >= 15 is 0 Å². The minimum atomic E-state index is -0.463. The van der Waals surface area contributed by atoms with E-state index in [0.717, 1.165) is 11.4 Å². The zero-order chi connectivity index (χ0) is 22.7. The van der Waals surface area contributed by atoms with Crippen molar-refractivity contribution in [3.05, 3.63) is 77.9 Å². The van der Waals surface area contributed by atoms with Gasteiger partial charge in [-0.2, -0.15) is 5.10 Å². The van der Waals surface area contributed by atoms with E-state index in [4.69, 9.17) is 8.83 Å².